The van der Waals surface area contributed by atoms with Gasteiger partial charge >= 0.3 is 0 Å². The fourth-order valence-corrected chi connectivity index (χ4v) is 3.48. The molecule has 0 saturated carbocycles. The second-order valence-corrected chi connectivity index (χ2v) is 6.76. The number of amides is 1. The summed E-state index contributed by atoms with van der Waals surface area (Å²) in [6.07, 6.45) is 14.4. The molecule has 2 aliphatic rings. The van der Waals surface area contributed by atoms with Crippen molar-refractivity contribution in [3.8, 4) is 0 Å². The molecule has 6 nitrogen and oxygen atoms in total. The Kier molecular flexibility index (Phi) is 7.96. The molecule has 5 N–H and O–H groups in total. The first-order chi connectivity index (χ1) is 13.2. The van der Waals surface area contributed by atoms with Crippen LogP contribution in [0.2, 0.25) is 0 Å². The molecule has 29 heavy (non-hydrogen) atoms. The molecule has 0 radical (unpaired) electrons. The van der Waals surface area contributed by atoms with Gasteiger partial charge in [-0.2, -0.15) is 5.10 Å². The van der Waals surface area contributed by atoms with Crippen LogP contribution >= 0.6 is 12.4 Å². The van der Waals surface area contributed by atoms with Gasteiger partial charge in [0, 0.05) is 29.5 Å². The number of hydrogen-bond acceptors (Lipinski definition) is 4. The molecule has 2 heterocycles. The molecule has 1 amide bonds. The molecule has 0 bridgehead atoms. The van der Waals surface area contributed by atoms with Gasteiger partial charge in [-0.05, 0) is 17.8 Å². The van der Waals surface area contributed by atoms with Crippen LogP contribution in [0, 0.1) is 5.92 Å². The minimum atomic E-state index is -0.404. The van der Waals surface area contributed by atoms with Gasteiger partial charge in [0.05, 0.1) is 17.8 Å². The van der Waals surface area contributed by atoms with Crippen LogP contribution in [0.25, 0.3) is 10.9 Å². The summed E-state index contributed by atoms with van der Waals surface area (Å²) in [5.74, 6) is 0.108. The number of aromatic nitrogens is 1. The third-order valence-electron chi connectivity index (χ3n) is 4.92. The molecule has 1 aliphatic heterocycles. The predicted octanol–water partition coefficient (Wildman–Crippen LogP) is -1.29. The third-order valence-corrected chi connectivity index (χ3v) is 4.92. The lowest BCUT2D eigenvalue weighted by Crippen LogP contribution is -3.00. The second-order valence-electron chi connectivity index (χ2n) is 6.76. The van der Waals surface area contributed by atoms with Crippen LogP contribution in [0.15, 0.2) is 77.7 Å². The molecule has 3 atom stereocenters. The van der Waals surface area contributed by atoms with E-state index in [4.69, 9.17) is 0 Å². The summed E-state index contributed by atoms with van der Waals surface area (Å²) >= 11 is 0. The molecule has 2 unspecified atom stereocenters. The average molecular weight is 432 g/mol. The largest absolute Gasteiger partial charge is 1.00 e. The van der Waals surface area contributed by atoms with Gasteiger partial charge in [-0.25, -0.2) is 5.43 Å². The first kappa shape index (κ1) is 22.6. The van der Waals surface area contributed by atoms with Crippen LogP contribution in [-0.2, 0) is 4.79 Å². The van der Waals surface area contributed by atoms with E-state index in [0.717, 1.165) is 16.5 Å². The van der Waals surface area contributed by atoms with Crippen molar-refractivity contribution in [2.45, 2.75) is 18.5 Å². The van der Waals surface area contributed by atoms with E-state index in [0.29, 0.717) is 12.3 Å². The van der Waals surface area contributed by atoms with Crippen molar-refractivity contribution in [3.05, 3.63) is 78.2 Å². The zero-order valence-corrected chi connectivity index (χ0v) is 17.2. The lowest BCUT2D eigenvalue weighted by molar-refractivity contribution is -0.403. The van der Waals surface area contributed by atoms with Crippen LogP contribution in [0.1, 0.15) is 12.0 Å². The Morgan fingerprint density at radius 1 is 1.28 bits per heavy atom. The van der Waals surface area contributed by atoms with Gasteiger partial charge in [-0.1, -0.05) is 48.6 Å². The molecule has 1 aliphatic carbocycles. The van der Waals surface area contributed by atoms with Crippen molar-refractivity contribution < 1.29 is 22.9 Å². The van der Waals surface area contributed by atoms with Gasteiger partial charge in [0.15, 0.2) is 6.04 Å². The minimum Gasteiger partial charge on any atom is -1.00 e. The average Bonchev–Trinajstić information content (AvgIpc) is 3.11. The van der Waals surface area contributed by atoms with E-state index in [2.05, 4.69) is 38.7 Å². The molecule has 1 aromatic heterocycles. The number of quaternary nitrogens is 1. The number of nitrogens with one attached hydrogen (secondary N) is 2. The maximum absolute atomic E-state index is 12.4. The number of pyridine rings is 1. The van der Waals surface area contributed by atoms with Gasteiger partial charge in [-0.15, -0.1) is 12.4 Å². The third kappa shape index (κ3) is 5.03. The molecule has 0 fully saturated rings. The first-order valence-corrected chi connectivity index (χ1v) is 9.02. The maximum Gasteiger partial charge on any atom is 0.298 e. The maximum atomic E-state index is 12.4. The summed E-state index contributed by atoms with van der Waals surface area (Å²) in [6.45, 7) is 0. The van der Waals surface area contributed by atoms with E-state index in [1.54, 1.807) is 12.4 Å². The number of para-hydroxylation sites is 1. The Hall–Kier alpha value is -2.67. The van der Waals surface area contributed by atoms with Gasteiger partial charge < -0.3 is 23.5 Å². The van der Waals surface area contributed by atoms with E-state index in [-0.39, 0.29) is 36.8 Å². The Morgan fingerprint density at radius 3 is 2.93 bits per heavy atom. The Labute approximate surface area is 181 Å². The number of halogens is 2. The number of nitrogens with zero attached hydrogens (tertiary/aromatic N) is 2. The van der Waals surface area contributed by atoms with Crippen LogP contribution in [0.3, 0.4) is 0 Å². The molecule has 2 aromatic rings. The SMILES string of the molecule is Cl.[Cl-].[NH3+][C@H](CC1=CNC2C=CC=CC12)C(=O)NN=Cc1cccc2cccnc12. The Bertz CT molecular complexity index is 981. The summed E-state index contributed by atoms with van der Waals surface area (Å²) in [7, 11) is 0. The lowest BCUT2D eigenvalue weighted by atomic mass is 9.88. The standard InChI is InChI=1S/C21H21N5O.2ClH/c22-18(11-16-12-24-19-9-2-1-8-17(16)19)21(27)26-25-13-15-6-3-5-14-7-4-10-23-20(14)15;;/h1-10,12-13,17-19,24H,11,22H2,(H,26,27);2*1H/t17?,18-,19?;;/m1../s1. The number of allylic oxidation sites excluding steroid dienone is 2. The number of carbonyl (C=O) groups excluding carboxylic acids is 1. The number of fused-ring (bicyclic) bond motifs is 2. The highest BCUT2D eigenvalue weighted by Crippen LogP contribution is 2.28. The van der Waals surface area contributed by atoms with Crippen LogP contribution in [-0.4, -0.2) is 29.2 Å². The summed E-state index contributed by atoms with van der Waals surface area (Å²) in [5, 5.41) is 8.48. The summed E-state index contributed by atoms with van der Waals surface area (Å²) < 4.78 is 0. The fourth-order valence-electron chi connectivity index (χ4n) is 3.48. The zero-order valence-electron chi connectivity index (χ0n) is 15.7. The van der Waals surface area contributed by atoms with Crippen LogP contribution in [0.4, 0.5) is 0 Å². The lowest BCUT2D eigenvalue weighted by Gasteiger charge is -2.19. The molecule has 4 rings (SSSR count). The Balaban J connectivity index is 0.00000150. The van der Waals surface area contributed by atoms with Crippen molar-refractivity contribution >= 4 is 35.4 Å². The molecule has 152 valence electrons. The molecule has 0 saturated heterocycles. The highest BCUT2D eigenvalue weighted by atomic mass is 35.5. The first-order valence-electron chi connectivity index (χ1n) is 9.02. The second kappa shape index (κ2) is 10.2. The number of hydrazone groups is 1. The van der Waals surface area contributed by atoms with Crippen molar-refractivity contribution in [3.63, 3.8) is 0 Å². The Morgan fingerprint density at radius 2 is 2.07 bits per heavy atom. The van der Waals surface area contributed by atoms with Crippen molar-refractivity contribution in [1.82, 2.24) is 15.7 Å². The van der Waals surface area contributed by atoms with Gasteiger partial charge in [0.1, 0.15) is 0 Å². The zero-order chi connectivity index (χ0) is 18.6. The topological polar surface area (TPSA) is 94.0 Å². The van der Waals surface area contributed by atoms with Gasteiger partial charge in [0.2, 0.25) is 0 Å². The van der Waals surface area contributed by atoms with E-state index < -0.39 is 6.04 Å². The molecule has 1 aromatic carbocycles. The highest BCUT2D eigenvalue weighted by molar-refractivity contribution is 5.97. The fraction of sp³-hybridized carbons (Fsp3) is 0.190. The number of rotatable bonds is 5. The molecular formula is C21H23Cl2N5O. The predicted molar refractivity (Wildman–Crippen MR) is 113 cm³/mol. The van der Waals surface area contributed by atoms with Crippen LogP contribution in [0.5, 0.6) is 0 Å². The molecule has 0 spiro atoms. The van der Waals surface area contributed by atoms with Crippen molar-refractivity contribution in [1.29, 1.82) is 0 Å². The smallest absolute Gasteiger partial charge is 0.298 e. The van der Waals surface area contributed by atoms with Gasteiger partial charge in [-0.3, -0.25) is 9.78 Å². The van der Waals surface area contributed by atoms with Gasteiger partial charge in [0.25, 0.3) is 5.91 Å². The number of benzene rings is 1. The van der Waals surface area contributed by atoms with E-state index in [1.165, 1.54) is 5.57 Å². The summed E-state index contributed by atoms with van der Waals surface area (Å²) in [5.41, 5.74) is 9.52. The normalized spacial score (nSPS) is 20.2. The van der Waals surface area contributed by atoms with Crippen molar-refractivity contribution in [2.24, 2.45) is 11.0 Å². The van der Waals surface area contributed by atoms with E-state index in [1.807, 2.05) is 48.7 Å². The minimum absolute atomic E-state index is 0. The quantitative estimate of drug-likeness (QED) is 0.406. The monoisotopic (exact) mass is 431 g/mol. The van der Waals surface area contributed by atoms with Crippen LogP contribution < -0.4 is 28.9 Å². The summed E-state index contributed by atoms with van der Waals surface area (Å²) in [4.78, 5) is 16.7. The molecular weight excluding hydrogens is 409 g/mol. The molecule has 8 heteroatoms. The van der Waals surface area contributed by atoms with Crippen molar-refractivity contribution in [2.75, 3.05) is 0 Å². The summed E-state index contributed by atoms with van der Waals surface area (Å²) in [6, 6.07) is 9.64. The van der Waals surface area contributed by atoms with E-state index in [9.17, 15) is 4.79 Å². The van der Waals surface area contributed by atoms with E-state index >= 15 is 0 Å². The number of carbonyl (C=O) groups is 1. The number of hydrogen-bond donors (Lipinski definition) is 3. The highest BCUT2D eigenvalue weighted by Gasteiger charge is 2.30.